The largest absolute Gasteiger partial charge is 0.293 e. The van der Waals surface area contributed by atoms with Crippen LogP contribution in [0.1, 0.15) is 0 Å². The zero-order valence-electron chi connectivity index (χ0n) is 24.5. The molecule has 0 atom stereocenters. The van der Waals surface area contributed by atoms with Gasteiger partial charge in [0.05, 0.1) is 15.7 Å². The minimum atomic E-state index is -2.66. The molecule has 0 fully saturated rings. The van der Waals surface area contributed by atoms with E-state index in [1.54, 1.807) is 0 Å². The highest BCUT2D eigenvalue weighted by molar-refractivity contribution is 7.26. The van der Waals surface area contributed by atoms with E-state index in [0.717, 1.165) is 5.82 Å². The number of thiophene rings is 1. The summed E-state index contributed by atoms with van der Waals surface area (Å²) in [5.74, 6) is 0.991. The molecule has 9 aromatic rings. The van der Waals surface area contributed by atoms with Crippen molar-refractivity contribution in [1.82, 2.24) is 9.55 Å². The molecule has 0 unspecified atom stereocenters. The molecule has 3 heterocycles. The van der Waals surface area contributed by atoms with Crippen LogP contribution in [0, 0.1) is 0 Å². The van der Waals surface area contributed by atoms with E-state index in [9.17, 15) is 0 Å². The van der Waals surface area contributed by atoms with Crippen LogP contribution in [0.3, 0.4) is 0 Å². The van der Waals surface area contributed by atoms with Gasteiger partial charge in [-0.05, 0) is 45.0 Å². The second-order valence-electron chi connectivity index (χ2n) is 11.5. The monoisotopic (exact) mass is 608 g/mol. The van der Waals surface area contributed by atoms with Gasteiger partial charge in [-0.15, -0.1) is 11.3 Å². The van der Waals surface area contributed by atoms with Crippen LogP contribution in [0.15, 0.2) is 170 Å². The number of hydrogen-bond donors (Lipinski definition) is 0. The molecule has 0 aliphatic heterocycles. The van der Waals surface area contributed by atoms with Crippen molar-refractivity contribution < 1.29 is 0 Å². The number of rotatable bonds is 5. The third-order valence-electron chi connectivity index (χ3n) is 9.21. The molecule has 0 radical (unpaired) electrons. The highest BCUT2D eigenvalue weighted by atomic mass is 32.1. The second-order valence-corrected chi connectivity index (χ2v) is 16.4. The predicted octanol–water partition coefficient (Wildman–Crippen LogP) is 7.92. The van der Waals surface area contributed by atoms with Gasteiger partial charge in [-0.1, -0.05) is 140 Å². The third-order valence-corrected chi connectivity index (χ3v) is 15.2. The Morgan fingerprint density at radius 2 is 1.00 bits per heavy atom. The topological polar surface area (TPSA) is 17.8 Å². The Morgan fingerprint density at radius 1 is 0.444 bits per heavy atom. The number of para-hydroxylation sites is 1. The van der Waals surface area contributed by atoms with Gasteiger partial charge >= 0.3 is 0 Å². The summed E-state index contributed by atoms with van der Waals surface area (Å²) in [6.45, 7) is 0. The van der Waals surface area contributed by atoms with Gasteiger partial charge in [0.15, 0.2) is 13.9 Å². The molecule has 2 nitrogen and oxygen atoms in total. The molecule has 0 saturated heterocycles. The lowest BCUT2D eigenvalue weighted by molar-refractivity contribution is 1.11. The molecule has 45 heavy (non-hydrogen) atoms. The van der Waals surface area contributed by atoms with Crippen LogP contribution in [0.2, 0.25) is 0 Å². The average Bonchev–Trinajstić information content (AvgIpc) is 3.66. The molecule has 0 aliphatic carbocycles. The normalized spacial score (nSPS) is 12.0. The van der Waals surface area contributed by atoms with Gasteiger partial charge in [0.25, 0.3) is 0 Å². The maximum atomic E-state index is 5.04. The van der Waals surface area contributed by atoms with E-state index in [0.29, 0.717) is 0 Å². The van der Waals surface area contributed by atoms with Crippen molar-refractivity contribution in [2.75, 3.05) is 0 Å². The summed E-state index contributed by atoms with van der Waals surface area (Å²) in [6.07, 6.45) is 1.96. The molecule has 212 valence electrons. The summed E-state index contributed by atoms with van der Waals surface area (Å²) < 4.78 is 4.88. The quantitative estimate of drug-likeness (QED) is 0.143. The van der Waals surface area contributed by atoms with E-state index in [4.69, 9.17) is 4.98 Å². The molecule has 4 heteroatoms. The van der Waals surface area contributed by atoms with Crippen LogP contribution in [0.5, 0.6) is 0 Å². The lowest BCUT2D eigenvalue weighted by Gasteiger charge is -2.34. The average molecular weight is 609 g/mol. The number of nitrogens with zero attached hydrogens (tertiary/aromatic N) is 2. The highest BCUT2D eigenvalue weighted by Gasteiger charge is 2.41. The minimum absolute atomic E-state index is 0.991. The predicted molar refractivity (Wildman–Crippen MR) is 195 cm³/mol. The van der Waals surface area contributed by atoms with Gasteiger partial charge in [0.2, 0.25) is 0 Å². The summed E-state index contributed by atoms with van der Waals surface area (Å²) in [4.78, 5) is 5.04. The molecule has 6 aromatic carbocycles. The maximum absolute atomic E-state index is 5.04. The first-order chi connectivity index (χ1) is 22.3. The van der Waals surface area contributed by atoms with Crippen molar-refractivity contribution >= 4 is 82.1 Å². The number of benzene rings is 6. The first-order valence-corrected chi connectivity index (χ1v) is 18.1. The van der Waals surface area contributed by atoms with Gasteiger partial charge in [0.1, 0.15) is 0 Å². The fourth-order valence-corrected chi connectivity index (χ4v) is 13.2. The van der Waals surface area contributed by atoms with Crippen LogP contribution in [-0.2, 0) is 0 Å². The van der Waals surface area contributed by atoms with Crippen molar-refractivity contribution in [2.45, 2.75) is 0 Å². The fraction of sp³-hybridized carbons (Fsp3) is 0. The van der Waals surface area contributed by atoms with Crippen molar-refractivity contribution in [3.05, 3.63) is 170 Å². The van der Waals surface area contributed by atoms with Crippen molar-refractivity contribution in [1.29, 1.82) is 0 Å². The molecule has 3 aromatic heterocycles. The molecule has 0 spiro atoms. The Labute approximate surface area is 266 Å². The van der Waals surface area contributed by atoms with Crippen LogP contribution in [0.4, 0.5) is 0 Å². The molecule has 9 rings (SSSR count). The van der Waals surface area contributed by atoms with Crippen molar-refractivity contribution in [3.8, 4) is 5.82 Å². The minimum Gasteiger partial charge on any atom is -0.293 e. The van der Waals surface area contributed by atoms with Gasteiger partial charge in [-0.2, -0.15) is 0 Å². The number of aromatic nitrogens is 2. The molecule has 0 aliphatic rings. The Balaban J connectivity index is 1.39. The number of fused-ring (bicyclic) bond motifs is 6. The molecule has 0 amide bonds. The zero-order chi connectivity index (χ0) is 29.8. The Bertz CT molecular complexity index is 2380. The number of pyridine rings is 1. The van der Waals surface area contributed by atoms with Crippen molar-refractivity contribution in [2.24, 2.45) is 0 Å². The third kappa shape index (κ3) is 3.90. The fourth-order valence-electron chi connectivity index (χ4n) is 7.30. The SMILES string of the molecule is c1ccc([Si](c2ccccc2)(c2ccccc2)c2ccc3c(c2)c2ccccc2n3-c2nccc3c2sc2ccccc23)cc1. The molecular formula is C41H28N2SSi. The lowest BCUT2D eigenvalue weighted by atomic mass is 10.1. The Hall–Kier alpha value is -5.29. The van der Waals surface area contributed by atoms with Crippen LogP contribution < -0.4 is 20.7 Å². The van der Waals surface area contributed by atoms with E-state index in [2.05, 4.69) is 168 Å². The maximum Gasteiger partial charge on any atom is 0.179 e. The Morgan fingerprint density at radius 3 is 1.67 bits per heavy atom. The van der Waals surface area contributed by atoms with E-state index in [-0.39, 0.29) is 0 Å². The summed E-state index contributed by atoms with van der Waals surface area (Å²) in [5.41, 5.74) is 2.35. The van der Waals surface area contributed by atoms with E-state index in [1.165, 1.54) is 62.7 Å². The van der Waals surface area contributed by atoms with Gasteiger partial charge in [-0.25, -0.2) is 4.98 Å². The summed E-state index contributed by atoms with van der Waals surface area (Å²) in [6, 6.07) is 60.3. The highest BCUT2D eigenvalue weighted by Crippen LogP contribution is 2.39. The van der Waals surface area contributed by atoms with Gasteiger partial charge in [0, 0.05) is 32.4 Å². The molecule has 0 N–H and O–H groups in total. The van der Waals surface area contributed by atoms with Crippen molar-refractivity contribution in [3.63, 3.8) is 0 Å². The summed E-state index contributed by atoms with van der Waals surface area (Å²) in [5, 5.41) is 10.5. The van der Waals surface area contributed by atoms with Crippen LogP contribution in [-0.4, -0.2) is 17.6 Å². The standard InChI is InChI=1S/C41H28N2SSi/c1-4-14-29(15-5-1)45(30-16-6-2-7-17-30,31-18-8-3-9-19-31)32-24-25-38-36(28-32)33-20-10-12-22-37(33)43(38)41-40-35(26-27-42-41)34-21-11-13-23-39(34)44-40/h1-28H. The summed E-state index contributed by atoms with van der Waals surface area (Å²) >= 11 is 1.83. The van der Waals surface area contributed by atoms with Crippen LogP contribution in [0.25, 0.3) is 47.8 Å². The van der Waals surface area contributed by atoms with Gasteiger partial charge < -0.3 is 0 Å². The van der Waals surface area contributed by atoms with E-state index in [1.807, 2.05) is 17.5 Å². The smallest absolute Gasteiger partial charge is 0.179 e. The van der Waals surface area contributed by atoms with Crippen LogP contribution >= 0.6 is 11.3 Å². The zero-order valence-corrected chi connectivity index (χ0v) is 26.3. The molecular weight excluding hydrogens is 581 g/mol. The molecule has 0 bridgehead atoms. The lowest BCUT2D eigenvalue weighted by Crippen LogP contribution is -2.74. The first kappa shape index (κ1) is 26.1. The van der Waals surface area contributed by atoms with Gasteiger partial charge in [-0.3, -0.25) is 4.57 Å². The summed E-state index contributed by atoms with van der Waals surface area (Å²) in [7, 11) is -2.66. The van der Waals surface area contributed by atoms with E-state index < -0.39 is 8.07 Å². The Kier molecular flexibility index (Phi) is 6.05. The number of hydrogen-bond acceptors (Lipinski definition) is 2. The second kappa shape index (κ2) is 10.4. The first-order valence-electron chi connectivity index (χ1n) is 15.3. The molecule has 0 saturated carbocycles. The van der Waals surface area contributed by atoms with E-state index >= 15 is 0 Å².